The van der Waals surface area contributed by atoms with Gasteiger partial charge in [0.25, 0.3) is 0 Å². The molecule has 0 radical (unpaired) electrons. The van der Waals surface area contributed by atoms with Gasteiger partial charge in [0.1, 0.15) is 0 Å². The van der Waals surface area contributed by atoms with Gasteiger partial charge in [-0.25, -0.2) is 0 Å². The quantitative estimate of drug-likeness (QED) is 0.533. The summed E-state index contributed by atoms with van der Waals surface area (Å²) in [5.74, 6) is 1.45. The van der Waals surface area contributed by atoms with Gasteiger partial charge in [0.15, 0.2) is 0 Å². The van der Waals surface area contributed by atoms with Gasteiger partial charge in [0, 0.05) is 0 Å². The van der Waals surface area contributed by atoms with Crippen molar-refractivity contribution in [2.45, 2.75) is 46.5 Å². The molecule has 0 aromatic heterocycles. The highest BCUT2D eigenvalue weighted by atomic mass is 14.2. The van der Waals surface area contributed by atoms with Crippen molar-refractivity contribution < 1.29 is 0 Å². The highest BCUT2D eigenvalue weighted by Gasteiger charge is 2.10. The van der Waals surface area contributed by atoms with E-state index in [1.165, 1.54) is 18.4 Å². The Morgan fingerprint density at radius 2 is 2.07 bits per heavy atom. The van der Waals surface area contributed by atoms with Gasteiger partial charge in [0.2, 0.25) is 0 Å². The lowest BCUT2D eigenvalue weighted by Crippen LogP contribution is -2.06. The molecule has 0 amide bonds. The highest BCUT2D eigenvalue weighted by Crippen LogP contribution is 2.24. The first-order chi connectivity index (χ1) is 7.09. The first-order valence-corrected chi connectivity index (χ1v) is 6.11. The molecule has 1 unspecified atom stereocenters. The minimum Gasteiger partial charge on any atom is -0.0958 e. The number of allylic oxidation sites excluding steroid dienone is 5. The summed E-state index contributed by atoms with van der Waals surface area (Å²) < 4.78 is 0. The Labute approximate surface area is 94.8 Å². The Balaban J connectivity index is 2.70. The fourth-order valence-electron chi connectivity index (χ4n) is 2.00. The molecule has 1 aliphatic carbocycles. The van der Waals surface area contributed by atoms with E-state index < -0.39 is 0 Å². The smallest absolute Gasteiger partial charge is 0.0204 e. The first-order valence-electron chi connectivity index (χ1n) is 6.11. The summed E-state index contributed by atoms with van der Waals surface area (Å²) >= 11 is 0. The lowest BCUT2D eigenvalue weighted by Gasteiger charge is -2.18. The SMILES string of the molecule is C=C1C=CC(C(C)C)CC/C(C)=C/CC1. The summed E-state index contributed by atoms with van der Waals surface area (Å²) in [5, 5.41) is 0. The van der Waals surface area contributed by atoms with Crippen molar-refractivity contribution in [1.29, 1.82) is 0 Å². The molecule has 0 fully saturated rings. The zero-order chi connectivity index (χ0) is 11.3. The molecule has 0 aromatic carbocycles. The standard InChI is InChI=1S/C15H24/c1-12(2)15-10-8-13(3)6-5-7-14(4)9-11-15/h7-8,10,12,15H,3,5-6,9,11H2,1-2,4H3/b10-8?,14-7+. The summed E-state index contributed by atoms with van der Waals surface area (Å²) in [6.45, 7) is 11.0. The second kappa shape index (κ2) is 5.95. The van der Waals surface area contributed by atoms with Crippen LogP contribution in [0.15, 0.2) is 36.0 Å². The topological polar surface area (TPSA) is 0 Å². The average Bonchev–Trinajstić information content (AvgIpc) is 2.16. The molecular weight excluding hydrogens is 180 g/mol. The normalized spacial score (nSPS) is 27.6. The molecule has 1 aliphatic rings. The van der Waals surface area contributed by atoms with Crippen LogP contribution in [0.1, 0.15) is 46.5 Å². The Morgan fingerprint density at radius 1 is 1.33 bits per heavy atom. The largest absolute Gasteiger partial charge is 0.0958 e. The molecule has 0 heterocycles. The third-order valence-corrected chi connectivity index (χ3v) is 3.27. The Kier molecular flexibility index (Phi) is 4.87. The van der Waals surface area contributed by atoms with Crippen LogP contribution >= 0.6 is 0 Å². The third kappa shape index (κ3) is 4.51. The van der Waals surface area contributed by atoms with E-state index in [9.17, 15) is 0 Å². The molecule has 1 atom stereocenters. The summed E-state index contributed by atoms with van der Waals surface area (Å²) in [7, 11) is 0. The molecule has 0 bridgehead atoms. The minimum atomic E-state index is 0.711. The fourth-order valence-corrected chi connectivity index (χ4v) is 2.00. The Bertz CT molecular complexity index is 266. The van der Waals surface area contributed by atoms with Crippen molar-refractivity contribution in [3.63, 3.8) is 0 Å². The predicted molar refractivity (Wildman–Crippen MR) is 68.8 cm³/mol. The lowest BCUT2D eigenvalue weighted by molar-refractivity contribution is 0.435. The van der Waals surface area contributed by atoms with Crippen LogP contribution < -0.4 is 0 Å². The molecule has 15 heavy (non-hydrogen) atoms. The van der Waals surface area contributed by atoms with Gasteiger partial charge >= 0.3 is 0 Å². The maximum atomic E-state index is 4.09. The van der Waals surface area contributed by atoms with Crippen LogP contribution in [0.4, 0.5) is 0 Å². The molecule has 1 rings (SSSR count). The highest BCUT2D eigenvalue weighted by molar-refractivity contribution is 5.17. The summed E-state index contributed by atoms with van der Waals surface area (Å²) in [6, 6.07) is 0. The molecule has 84 valence electrons. The molecule has 0 saturated carbocycles. The van der Waals surface area contributed by atoms with Crippen LogP contribution in [0.2, 0.25) is 0 Å². The second-order valence-corrected chi connectivity index (χ2v) is 5.05. The van der Waals surface area contributed by atoms with Crippen molar-refractivity contribution in [1.82, 2.24) is 0 Å². The van der Waals surface area contributed by atoms with Crippen LogP contribution in [0, 0.1) is 11.8 Å². The molecule has 0 nitrogen and oxygen atoms in total. The van der Waals surface area contributed by atoms with Crippen LogP contribution in [0.3, 0.4) is 0 Å². The summed E-state index contributed by atoms with van der Waals surface area (Å²) in [4.78, 5) is 0. The van der Waals surface area contributed by atoms with Gasteiger partial charge in [-0.1, -0.05) is 49.8 Å². The van der Waals surface area contributed by atoms with Gasteiger partial charge in [-0.3, -0.25) is 0 Å². The Hall–Kier alpha value is -0.780. The summed E-state index contributed by atoms with van der Waals surface area (Å²) in [5.41, 5.74) is 2.82. The van der Waals surface area contributed by atoms with Gasteiger partial charge in [-0.15, -0.1) is 0 Å². The molecule has 0 saturated heterocycles. The Morgan fingerprint density at radius 3 is 2.73 bits per heavy atom. The monoisotopic (exact) mass is 204 g/mol. The molecule has 0 spiro atoms. The first kappa shape index (κ1) is 12.3. The van der Waals surface area contributed by atoms with E-state index in [2.05, 4.69) is 45.6 Å². The predicted octanol–water partition coefficient (Wildman–Crippen LogP) is 4.89. The van der Waals surface area contributed by atoms with Crippen molar-refractivity contribution in [3.8, 4) is 0 Å². The van der Waals surface area contributed by atoms with Crippen LogP contribution in [0.5, 0.6) is 0 Å². The number of hydrogen-bond acceptors (Lipinski definition) is 0. The van der Waals surface area contributed by atoms with E-state index in [0.717, 1.165) is 18.8 Å². The van der Waals surface area contributed by atoms with Gasteiger partial charge in [-0.2, -0.15) is 0 Å². The van der Waals surface area contributed by atoms with E-state index in [0.29, 0.717) is 5.92 Å². The fraction of sp³-hybridized carbons (Fsp3) is 0.600. The lowest BCUT2D eigenvalue weighted by atomic mass is 9.88. The van der Waals surface area contributed by atoms with Gasteiger partial charge < -0.3 is 0 Å². The van der Waals surface area contributed by atoms with Crippen LogP contribution in [-0.2, 0) is 0 Å². The molecule has 0 aliphatic heterocycles. The van der Waals surface area contributed by atoms with E-state index in [1.54, 1.807) is 5.57 Å². The van der Waals surface area contributed by atoms with Crippen LogP contribution in [-0.4, -0.2) is 0 Å². The van der Waals surface area contributed by atoms with E-state index in [4.69, 9.17) is 0 Å². The van der Waals surface area contributed by atoms with Crippen molar-refractivity contribution in [3.05, 3.63) is 36.0 Å². The van der Waals surface area contributed by atoms with E-state index in [1.807, 2.05) is 0 Å². The van der Waals surface area contributed by atoms with Crippen molar-refractivity contribution in [2.24, 2.45) is 11.8 Å². The van der Waals surface area contributed by atoms with E-state index >= 15 is 0 Å². The zero-order valence-corrected chi connectivity index (χ0v) is 10.4. The van der Waals surface area contributed by atoms with Crippen molar-refractivity contribution >= 4 is 0 Å². The zero-order valence-electron chi connectivity index (χ0n) is 10.4. The molecule has 0 N–H and O–H groups in total. The van der Waals surface area contributed by atoms with Gasteiger partial charge in [0.05, 0.1) is 0 Å². The van der Waals surface area contributed by atoms with Gasteiger partial charge in [-0.05, 0) is 44.4 Å². The maximum absolute atomic E-state index is 4.09. The minimum absolute atomic E-state index is 0.711. The van der Waals surface area contributed by atoms with E-state index in [-0.39, 0.29) is 0 Å². The molecule has 0 aromatic rings. The maximum Gasteiger partial charge on any atom is -0.0204 e. The summed E-state index contributed by atoms with van der Waals surface area (Å²) in [6.07, 6.45) is 11.8. The second-order valence-electron chi connectivity index (χ2n) is 5.05. The number of rotatable bonds is 1. The molecular formula is C15H24. The number of hydrogen-bond donors (Lipinski definition) is 0. The average molecular weight is 204 g/mol. The molecule has 0 heteroatoms. The van der Waals surface area contributed by atoms with Crippen LogP contribution in [0.25, 0.3) is 0 Å². The van der Waals surface area contributed by atoms with Crippen molar-refractivity contribution in [2.75, 3.05) is 0 Å². The third-order valence-electron chi connectivity index (χ3n) is 3.27.